The SMILES string of the molecule is CS(C)=O.O=C(O)COc1ccc(Cl)cc1Cl.O=S(=O)([O-])[O-].[Cu+2]. The number of hydrogen-bond donors (Lipinski definition) is 1. The van der Waals surface area contributed by atoms with Crippen molar-refractivity contribution < 1.29 is 53.4 Å². The molecule has 13 heteroatoms. The molecular weight excluding hydrogens is 447 g/mol. The van der Waals surface area contributed by atoms with Crippen molar-refractivity contribution in [2.24, 2.45) is 0 Å². The Morgan fingerprint density at radius 3 is 2.00 bits per heavy atom. The molecule has 0 amide bonds. The molecule has 0 heterocycles. The van der Waals surface area contributed by atoms with Gasteiger partial charge in [-0.1, -0.05) is 23.2 Å². The summed E-state index contributed by atoms with van der Waals surface area (Å²) in [6.45, 7) is -0.415. The molecule has 0 saturated carbocycles. The smallest absolute Gasteiger partial charge is 0.759 e. The van der Waals surface area contributed by atoms with Crippen molar-refractivity contribution in [2.75, 3.05) is 19.1 Å². The third-order valence-corrected chi connectivity index (χ3v) is 1.78. The number of benzene rings is 1. The standard InChI is InChI=1S/C8H6Cl2O3.C2H6OS.Cu.H2O4S/c9-5-1-2-7(6(10)3-5)13-4-8(11)12;1-4(2)3;;1-5(2,3)4/h1-3H,4H2,(H,11,12);1-2H3;;(H2,1,2,3,4)/q;;+2;/p-2. The molecule has 137 valence electrons. The van der Waals surface area contributed by atoms with E-state index in [1.807, 2.05) is 0 Å². The first-order valence-corrected chi connectivity index (χ1v) is 9.10. The molecule has 23 heavy (non-hydrogen) atoms. The third kappa shape index (κ3) is 26.8. The van der Waals surface area contributed by atoms with E-state index in [4.69, 9.17) is 50.6 Å². The van der Waals surface area contributed by atoms with Crippen molar-refractivity contribution in [3.63, 3.8) is 0 Å². The molecule has 0 aliphatic carbocycles. The minimum atomic E-state index is -5.17. The fraction of sp³-hybridized carbons (Fsp3) is 0.300. The summed E-state index contributed by atoms with van der Waals surface area (Å²) in [6.07, 6.45) is 3.28. The van der Waals surface area contributed by atoms with Gasteiger partial charge in [0.25, 0.3) is 0 Å². The van der Waals surface area contributed by atoms with Gasteiger partial charge in [-0.05, 0) is 18.2 Å². The fourth-order valence-electron chi connectivity index (χ4n) is 0.732. The molecule has 1 rings (SSSR count). The van der Waals surface area contributed by atoms with E-state index in [-0.39, 0.29) is 17.1 Å². The van der Waals surface area contributed by atoms with Gasteiger partial charge >= 0.3 is 23.0 Å². The molecule has 1 radical (unpaired) electrons. The topological polar surface area (TPSA) is 144 Å². The molecule has 0 aliphatic heterocycles. The maximum atomic E-state index is 10.2. The van der Waals surface area contributed by atoms with Gasteiger partial charge in [-0.25, -0.2) is 4.79 Å². The van der Waals surface area contributed by atoms with Gasteiger partial charge in [0.1, 0.15) is 5.75 Å². The van der Waals surface area contributed by atoms with Crippen molar-refractivity contribution in [3.8, 4) is 5.75 Å². The number of hydrogen-bond acceptors (Lipinski definition) is 7. The van der Waals surface area contributed by atoms with Crippen molar-refractivity contribution >= 4 is 50.4 Å². The van der Waals surface area contributed by atoms with Crippen molar-refractivity contribution in [3.05, 3.63) is 28.2 Å². The molecule has 8 nitrogen and oxygen atoms in total. The summed E-state index contributed by atoms with van der Waals surface area (Å²) in [6, 6.07) is 4.58. The van der Waals surface area contributed by atoms with E-state index in [0.717, 1.165) is 0 Å². The van der Waals surface area contributed by atoms with Crippen LogP contribution in [0.3, 0.4) is 0 Å². The van der Waals surface area contributed by atoms with Crippen molar-refractivity contribution in [1.29, 1.82) is 0 Å². The number of halogens is 2. The first-order valence-electron chi connectivity index (χ1n) is 5.04. The monoisotopic (exact) mass is 457 g/mol. The summed E-state index contributed by atoms with van der Waals surface area (Å²) in [5.74, 6) is -0.737. The average Bonchev–Trinajstić information content (AvgIpc) is 2.24. The van der Waals surface area contributed by atoms with E-state index in [1.54, 1.807) is 18.6 Å². The summed E-state index contributed by atoms with van der Waals surface area (Å²) in [5, 5.41) is 9.11. The second-order valence-electron chi connectivity index (χ2n) is 3.41. The van der Waals surface area contributed by atoms with Crippen LogP contribution in [0.1, 0.15) is 0 Å². The van der Waals surface area contributed by atoms with Crippen LogP contribution in [0.4, 0.5) is 0 Å². The molecule has 0 fully saturated rings. The first-order chi connectivity index (χ1) is 9.82. The van der Waals surface area contributed by atoms with E-state index >= 15 is 0 Å². The van der Waals surface area contributed by atoms with Crippen LogP contribution >= 0.6 is 23.2 Å². The van der Waals surface area contributed by atoms with Crippen LogP contribution in [0, 0.1) is 0 Å². The predicted octanol–water partition coefficient (Wildman–Crippen LogP) is 1.11. The van der Waals surface area contributed by atoms with Gasteiger partial charge in [0.2, 0.25) is 0 Å². The van der Waals surface area contributed by atoms with Gasteiger partial charge in [0, 0.05) is 38.7 Å². The number of carbonyl (C=O) groups is 1. The summed E-state index contributed by atoms with van der Waals surface area (Å²) >= 11 is 11.3. The largest absolute Gasteiger partial charge is 2.00 e. The molecule has 0 unspecified atom stereocenters. The van der Waals surface area contributed by atoms with Crippen LogP contribution in [-0.4, -0.2) is 51.9 Å². The van der Waals surface area contributed by atoms with E-state index in [9.17, 15) is 9.00 Å². The molecule has 1 aromatic rings. The minimum Gasteiger partial charge on any atom is -0.759 e. The molecule has 0 aliphatic rings. The van der Waals surface area contributed by atoms with E-state index in [2.05, 4.69) is 0 Å². The summed E-state index contributed by atoms with van der Waals surface area (Å²) in [4.78, 5) is 10.2. The maximum Gasteiger partial charge on any atom is 2.00 e. The van der Waals surface area contributed by atoms with E-state index in [1.165, 1.54) is 12.1 Å². The fourth-order valence-corrected chi connectivity index (χ4v) is 1.19. The van der Waals surface area contributed by atoms with Crippen LogP contribution in [0.5, 0.6) is 5.75 Å². The number of ether oxygens (including phenoxy) is 1. The predicted molar refractivity (Wildman–Crippen MR) is 80.1 cm³/mol. The Morgan fingerprint density at radius 1 is 1.30 bits per heavy atom. The summed E-state index contributed by atoms with van der Waals surface area (Å²) < 4.78 is 48.5. The Hall–Kier alpha value is -0.391. The summed E-state index contributed by atoms with van der Waals surface area (Å²) in [7, 11) is -5.78. The Labute approximate surface area is 156 Å². The first kappa shape index (κ1) is 27.5. The van der Waals surface area contributed by atoms with Crippen LogP contribution < -0.4 is 4.74 Å². The van der Waals surface area contributed by atoms with Crippen molar-refractivity contribution in [2.45, 2.75) is 0 Å². The van der Waals surface area contributed by atoms with Gasteiger partial charge in [-0.2, -0.15) is 0 Å². The average molecular weight is 459 g/mol. The molecule has 0 spiro atoms. The second-order valence-corrected chi connectivity index (χ2v) is 6.55. The van der Waals surface area contributed by atoms with Gasteiger partial charge in [-0.3, -0.25) is 12.6 Å². The number of carboxylic acids is 1. The Morgan fingerprint density at radius 2 is 1.70 bits per heavy atom. The van der Waals surface area contributed by atoms with Gasteiger partial charge < -0.3 is 18.9 Å². The third-order valence-electron chi connectivity index (χ3n) is 1.25. The van der Waals surface area contributed by atoms with Gasteiger partial charge in [0.15, 0.2) is 6.61 Å². The zero-order valence-corrected chi connectivity index (χ0v) is 15.7. The maximum absolute atomic E-state index is 10.2. The second kappa shape index (κ2) is 14.0. The normalized spacial score (nSPS) is 9.52. The van der Waals surface area contributed by atoms with E-state index in [0.29, 0.717) is 15.8 Å². The van der Waals surface area contributed by atoms with Crippen molar-refractivity contribution in [1.82, 2.24) is 0 Å². The van der Waals surface area contributed by atoms with Gasteiger partial charge in [0.05, 0.1) is 5.02 Å². The van der Waals surface area contributed by atoms with Crippen LogP contribution in [-0.2, 0) is 43.1 Å². The Bertz CT molecular complexity index is 597. The molecule has 0 atom stereocenters. The molecular formula is C10H12Cl2CuO8S2. The molecule has 0 saturated heterocycles. The van der Waals surface area contributed by atoms with Crippen LogP contribution in [0.25, 0.3) is 0 Å². The molecule has 1 N–H and O–H groups in total. The Kier molecular flexibility index (Phi) is 16.7. The molecule has 0 bridgehead atoms. The van der Waals surface area contributed by atoms with Crippen LogP contribution in [0.15, 0.2) is 18.2 Å². The Balaban J connectivity index is -0.000000336. The zero-order valence-electron chi connectivity index (χ0n) is 11.6. The minimum absolute atomic E-state index is 0. The molecule has 0 aromatic heterocycles. The number of aliphatic carboxylic acids is 1. The van der Waals surface area contributed by atoms with Crippen LogP contribution in [0.2, 0.25) is 10.0 Å². The number of rotatable bonds is 3. The summed E-state index contributed by atoms with van der Waals surface area (Å²) in [5.41, 5.74) is 0. The molecule has 1 aromatic carbocycles. The zero-order chi connectivity index (χ0) is 17.9. The van der Waals surface area contributed by atoms with E-state index < -0.39 is 33.8 Å². The van der Waals surface area contributed by atoms with Gasteiger partial charge in [-0.15, -0.1) is 0 Å². The number of carboxylic acid groups (broad SMARTS) is 1. The quantitative estimate of drug-likeness (QED) is 0.403.